The number of hydrogen-bond donors (Lipinski definition) is 2. The summed E-state index contributed by atoms with van der Waals surface area (Å²) in [5.41, 5.74) is 2.13. The molecule has 1 aromatic heterocycles. The molecule has 18 heavy (non-hydrogen) atoms. The molecule has 0 radical (unpaired) electrons. The van der Waals surface area contributed by atoms with E-state index in [4.69, 9.17) is 0 Å². The number of amides is 1. The van der Waals surface area contributed by atoms with Gasteiger partial charge in [0.25, 0.3) is 0 Å². The van der Waals surface area contributed by atoms with Crippen LogP contribution in [0, 0.1) is 6.92 Å². The number of nitrogens with zero attached hydrogens (tertiary/aromatic N) is 1. The third-order valence-corrected chi connectivity index (χ3v) is 2.55. The molecule has 0 bridgehead atoms. The minimum absolute atomic E-state index is 0.126. The minimum atomic E-state index is -0.126. The zero-order valence-electron chi connectivity index (χ0n) is 10.1. The fraction of sp³-hybridized carbons (Fsp3) is 0.143. The zero-order chi connectivity index (χ0) is 13.0. The number of anilines is 1. The van der Waals surface area contributed by atoms with Crippen LogP contribution in [-0.2, 0) is 11.2 Å². The molecule has 1 heterocycles. The summed E-state index contributed by atoms with van der Waals surface area (Å²) >= 11 is 0. The van der Waals surface area contributed by atoms with Gasteiger partial charge in [-0.25, -0.2) is 0 Å². The molecule has 0 fully saturated rings. The zero-order valence-corrected chi connectivity index (χ0v) is 10.1. The average molecular weight is 242 g/mol. The summed E-state index contributed by atoms with van der Waals surface area (Å²) in [6, 6.07) is 10.4. The van der Waals surface area contributed by atoms with Crippen LogP contribution in [0.25, 0.3) is 0 Å². The molecule has 0 saturated carbocycles. The lowest BCUT2D eigenvalue weighted by atomic mass is 10.2. The van der Waals surface area contributed by atoms with Gasteiger partial charge in [0.2, 0.25) is 5.91 Å². The second kappa shape index (κ2) is 5.31. The van der Waals surface area contributed by atoms with E-state index in [0.29, 0.717) is 5.69 Å². The van der Waals surface area contributed by atoms with E-state index in [1.807, 2.05) is 18.2 Å². The van der Waals surface area contributed by atoms with Crippen molar-refractivity contribution in [3.63, 3.8) is 0 Å². The number of rotatable bonds is 3. The summed E-state index contributed by atoms with van der Waals surface area (Å²) in [5.74, 6) is 0.0940. The molecule has 2 aromatic rings. The van der Waals surface area contributed by atoms with Crippen molar-refractivity contribution in [2.24, 2.45) is 0 Å². The average Bonchev–Trinajstić information content (AvgIpc) is 2.35. The van der Waals surface area contributed by atoms with E-state index in [0.717, 1.165) is 11.3 Å². The highest BCUT2D eigenvalue weighted by molar-refractivity contribution is 5.92. The molecule has 1 amide bonds. The van der Waals surface area contributed by atoms with Crippen LogP contribution < -0.4 is 5.32 Å². The summed E-state index contributed by atoms with van der Waals surface area (Å²) < 4.78 is 0. The molecule has 0 aliphatic carbocycles. The highest BCUT2D eigenvalue weighted by atomic mass is 16.3. The summed E-state index contributed by atoms with van der Waals surface area (Å²) in [6.45, 7) is 1.78. The number of phenolic OH excluding ortho intramolecular Hbond substituents is 1. The minimum Gasteiger partial charge on any atom is -0.508 e. The standard InChI is InChI=1S/C14H14N2O2/c1-10-8-12(5-6-13(10)17)16-14(18)9-11-4-2-3-7-15-11/h2-8,17H,9H2,1H3,(H,16,18). The Labute approximate surface area is 105 Å². The number of phenols is 1. The number of pyridine rings is 1. The number of hydrogen-bond acceptors (Lipinski definition) is 3. The van der Waals surface area contributed by atoms with Crippen LogP contribution in [0.1, 0.15) is 11.3 Å². The molecule has 1 aromatic carbocycles. The number of aromatic nitrogens is 1. The number of benzene rings is 1. The van der Waals surface area contributed by atoms with Crippen LogP contribution in [0.2, 0.25) is 0 Å². The van der Waals surface area contributed by atoms with Gasteiger partial charge in [-0.3, -0.25) is 9.78 Å². The molecule has 4 nitrogen and oxygen atoms in total. The lowest BCUT2D eigenvalue weighted by Crippen LogP contribution is -2.15. The first-order chi connectivity index (χ1) is 8.65. The first-order valence-electron chi connectivity index (χ1n) is 5.64. The van der Waals surface area contributed by atoms with E-state index in [1.165, 1.54) is 0 Å². The molecule has 4 heteroatoms. The van der Waals surface area contributed by atoms with Gasteiger partial charge < -0.3 is 10.4 Å². The first-order valence-corrected chi connectivity index (χ1v) is 5.64. The summed E-state index contributed by atoms with van der Waals surface area (Å²) in [5, 5.41) is 12.2. The second-order valence-electron chi connectivity index (χ2n) is 4.05. The largest absolute Gasteiger partial charge is 0.508 e. The maximum atomic E-state index is 11.8. The van der Waals surface area contributed by atoms with Crippen LogP contribution in [0.15, 0.2) is 42.6 Å². The fourth-order valence-corrected chi connectivity index (χ4v) is 1.61. The van der Waals surface area contributed by atoms with Crippen molar-refractivity contribution in [1.29, 1.82) is 0 Å². The van der Waals surface area contributed by atoms with Crippen LogP contribution in [0.5, 0.6) is 5.75 Å². The predicted octanol–water partition coefficient (Wildman–Crippen LogP) is 2.28. The first kappa shape index (κ1) is 12.1. The van der Waals surface area contributed by atoms with Crippen molar-refractivity contribution in [3.05, 3.63) is 53.9 Å². The van der Waals surface area contributed by atoms with E-state index in [2.05, 4.69) is 10.3 Å². The fourth-order valence-electron chi connectivity index (χ4n) is 1.61. The van der Waals surface area contributed by atoms with Gasteiger partial charge in [0.05, 0.1) is 6.42 Å². The van der Waals surface area contributed by atoms with Crippen molar-refractivity contribution < 1.29 is 9.90 Å². The van der Waals surface area contributed by atoms with E-state index in [9.17, 15) is 9.90 Å². The molecule has 0 spiro atoms. The molecule has 92 valence electrons. The Morgan fingerprint density at radius 2 is 2.17 bits per heavy atom. The maximum absolute atomic E-state index is 11.8. The maximum Gasteiger partial charge on any atom is 0.230 e. The third-order valence-electron chi connectivity index (χ3n) is 2.55. The third kappa shape index (κ3) is 3.07. The lowest BCUT2D eigenvalue weighted by Gasteiger charge is -2.06. The van der Waals surface area contributed by atoms with Gasteiger partial charge in [-0.1, -0.05) is 6.07 Å². The number of carbonyl (C=O) groups is 1. The molecule has 0 saturated heterocycles. The Balaban J connectivity index is 2.01. The topological polar surface area (TPSA) is 62.2 Å². The van der Waals surface area contributed by atoms with Crippen molar-refractivity contribution in [2.75, 3.05) is 5.32 Å². The summed E-state index contributed by atoms with van der Waals surface area (Å²) in [4.78, 5) is 15.9. The monoisotopic (exact) mass is 242 g/mol. The highest BCUT2D eigenvalue weighted by Gasteiger charge is 2.05. The van der Waals surface area contributed by atoms with E-state index < -0.39 is 0 Å². The number of aromatic hydroxyl groups is 1. The van der Waals surface area contributed by atoms with E-state index >= 15 is 0 Å². The number of nitrogens with one attached hydrogen (secondary N) is 1. The SMILES string of the molecule is Cc1cc(NC(=O)Cc2ccccn2)ccc1O. The smallest absolute Gasteiger partial charge is 0.230 e. The second-order valence-corrected chi connectivity index (χ2v) is 4.05. The Hall–Kier alpha value is -2.36. The van der Waals surface area contributed by atoms with Crippen molar-refractivity contribution in [1.82, 2.24) is 4.98 Å². The molecule has 0 unspecified atom stereocenters. The van der Waals surface area contributed by atoms with Crippen molar-refractivity contribution >= 4 is 11.6 Å². The van der Waals surface area contributed by atoms with Gasteiger partial charge in [0.1, 0.15) is 5.75 Å². The van der Waals surface area contributed by atoms with Gasteiger partial charge in [0, 0.05) is 17.6 Å². The number of aryl methyl sites for hydroxylation is 1. The van der Waals surface area contributed by atoms with Crippen LogP contribution in [0.3, 0.4) is 0 Å². The summed E-state index contributed by atoms with van der Waals surface area (Å²) in [7, 11) is 0. The van der Waals surface area contributed by atoms with Crippen LogP contribution in [0.4, 0.5) is 5.69 Å². The Kier molecular flexibility index (Phi) is 3.57. The van der Waals surface area contributed by atoms with Gasteiger partial charge in [0.15, 0.2) is 0 Å². The Morgan fingerprint density at radius 3 is 2.83 bits per heavy atom. The quantitative estimate of drug-likeness (QED) is 0.812. The van der Waals surface area contributed by atoms with Crippen LogP contribution >= 0.6 is 0 Å². The molecule has 0 aliphatic rings. The van der Waals surface area contributed by atoms with Gasteiger partial charge in [-0.2, -0.15) is 0 Å². The molecule has 0 aliphatic heterocycles. The lowest BCUT2D eigenvalue weighted by molar-refractivity contribution is -0.115. The normalized spacial score (nSPS) is 10.1. The van der Waals surface area contributed by atoms with E-state index in [-0.39, 0.29) is 18.1 Å². The van der Waals surface area contributed by atoms with E-state index in [1.54, 1.807) is 31.3 Å². The number of carbonyl (C=O) groups excluding carboxylic acids is 1. The predicted molar refractivity (Wildman–Crippen MR) is 69.4 cm³/mol. The molecule has 0 atom stereocenters. The summed E-state index contributed by atoms with van der Waals surface area (Å²) in [6.07, 6.45) is 1.90. The Bertz CT molecular complexity index is 553. The molecule has 2 rings (SSSR count). The van der Waals surface area contributed by atoms with Gasteiger partial charge in [-0.15, -0.1) is 0 Å². The Morgan fingerprint density at radius 1 is 1.33 bits per heavy atom. The van der Waals surface area contributed by atoms with Gasteiger partial charge >= 0.3 is 0 Å². The highest BCUT2D eigenvalue weighted by Crippen LogP contribution is 2.20. The van der Waals surface area contributed by atoms with Crippen molar-refractivity contribution in [2.45, 2.75) is 13.3 Å². The van der Waals surface area contributed by atoms with Crippen molar-refractivity contribution in [3.8, 4) is 5.75 Å². The van der Waals surface area contributed by atoms with Gasteiger partial charge in [-0.05, 0) is 42.8 Å². The molecular weight excluding hydrogens is 228 g/mol. The molecule has 2 N–H and O–H groups in total. The van der Waals surface area contributed by atoms with Crippen LogP contribution in [-0.4, -0.2) is 16.0 Å². The molecular formula is C14H14N2O2.